The van der Waals surface area contributed by atoms with E-state index in [0.717, 1.165) is 9.33 Å². The zero-order valence-corrected chi connectivity index (χ0v) is 10.8. The van der Waals surface area contributed by atoms with Crippen molar-refractivity contribution in [3.05, 3.63) is 32.3 Å². The Bertz CT molecular complexity index is 451. The number of hydrogen-bond acceptors (Lipinski definition) is 3. The van der Waals surface area contributed by atoms with Gasteiger partial charge in [-0.1, -0.05) is 0 Å². The molecule has 14 heavy (non-hydrogen) atoms. The smallest absolute Gasteiger partial charge is 0.169 e. The van der Waals surface area contributed by atoms with Crippen LogP contribution < -0.4 is 5.73 Å². The Kier molecular flexibility index (Phi) is 2.82. The fraction of sp³-hybridized carbons (Fsp3) is 0.125. The Morgan fingerprint density at radius 1 is 1.57 bits per heavy atom. The van der Waals surface area contributed by atoms with E-state index in [-0.39, 0.29) is 0 Å². The molecule has 0 radical (unpaired) electrons. The van der Waals surface area contributed by atoms with Crippen molar-refractivity contribution in [2.24, 2.45) is 0 Å². The molecule has 0 saturated heterocycles. The number of anilines is 1. The molecular weight excluding hydrogens is 361 g/mol. The average Bonchev–Trinajstić information content (AvgIpc) is 2.67. The van der Waals surface area contributed by atoms with Gasteiger partial charge in [0.25, 0.3) is 0 Å². The molecule has 0 amide bonds. The van der Waals surface area contributed by atoms with Crippen molar-refractivity contribution in [2.45, 2.75) is 6.54 Å². The number of nitrogens with two attached hydrogens (primary N) is 1. The summed E-state index contributed by atoms with van der Waals surface area (Å²) in [5.41, 5.74) is 5.80. The van der Waals surface area contributed by atoms with Crippen LogP contribution >= 0.6 is 38.5 Å². The molecule has 4 nitrogen and oxygen atoms in total. The summed E-state index contributed by atoms with van der Waals surface area (Å²) < 4.78 is 8.72. The lowest BCUT2D eigenvalue weighted by Gasteiger charge is -2.00. The highest BCUT2D eigenvalue weighted by Crippen LogP contribution is 2.18. The lowest BCUT2D eigenvalue weighted by Crippen LogP contribution is -2.05. The van der Waals surface area contributed by atoms with Gasteiger partial charge in [0, 0.05) is 0 Å². The van der Waals surface area contributed by atoms with E-state index in [0.29, 0.717) is 17.0 Å². The highest BCUT2D eigenvalue weighted by Gasteiger charge is 2.07. The van der Waals surface area contributed by atoms with Gasteiger partial charge in [0.2, 0.25) is 0 Å². The van der Waals surface area contributed by atoms with Crippen molar-refractivity contribution in [2.75, 3.05) is 5.73 Å². The molecule has 0 aliphatic heterocycles. The Morgan fingerprint density at radius 3 is 2.86 bits per heavy atom. The molecular formula is C8H7BrIN3O. The summed E-state index contributed by atoms with van der Waals surface area (Å²) in [7, 11) is 0. The molecule has 2 N–H and O–H groups in total. The van der Waals surface area contributed by atoms with Crippen molar-refractivity contribution in [1.82, 2.24) is 9.78 Å². The van der Waals surface area contributed by atoms with Gasteiger partial charge in [-0.25, -0.2) is 4.68 Å². The summed E-state index contributed by atoms with van der Waals surface area (Å²) in [5.74, 6) is 1.49. The largest absolute Gasteiger partial charge is 0.452 e. The van der Waals surface area contributed by atoms with E-state index in [4.69, 9.17) is 10.2 Å². The molecule has 2 heterocycles. The minimum atomic E-state index is 0.556. The zero-order valence-electron chi connectivity index (χ0n) is 7.08. The van der Waals surface area contributed by atoms with E-state index in [1.54, 1.807) is 10.9 Å². The van der Waals surface area contributed by atoms with Gasteiger partial charge in [-0.05, 0) is 50.7 Å². The topological polar surface area (TPSA) is 57.0 Å². The van der Waals surface area contributed by atoms with Gasteiger partial charge < -0.3 is 10.2 Å². The summed E-state index contributed by atoms with van der Waals surface area (Å²) in [6, 6.07) is 3.73. The van der Waals surface area contributed by atoms with Crippen LogP contribution in [0, 0.1) is 3.57 Å². The van der Waals surface area contributed by atoms with E-state index in [1.807, 2.05) is 12.1 Å². The van der Waals surface area contributed by atoms with E-state index in [9.17, 15) is 0 Å². The molecule has 0 spiro atoms. The Balaban J connectivity index is 2.22. The number of rotatable bonds is 2. The van der Waals surface area contributed by atoms with Gasteiger partial charge in [0.15, 0.2) is 4.67 Å². The third-order valence-corrected chi connectivity index (χ3v) is 3.03. The fourth-order valence-electron chi connectivity index (χ4n) is 1.08. The number of hydrogen-bond donors (Lipinski definition) is 1. The summed E-state index contributed by atoms with van der Waals surface area (Å²) in [6.07, 6.45) is 1.73. The molecule has 74 valence electrons. The normalized spacial score (nSPS) is 10.7. The van der Waals surface area contributed by atoms with Crippen molar-refractivity contribution >= 4 is 44.3 Å². The SMILES string of the molecule is Nc1c(I)cnn1Cc1ccc(Br)o1. The predicted octanol–water partition coefficient (Wildman–Crippen LogP) is 2.47. The van der Waals surface area contributed by atoms with E-state index in [1.165, 1.54) is 0 Å². The van der Waals surface area contributed by atoms with E-state index in [2.05, 4.69) is 43.6 Å². The maximum atomic E-state index is 5.80. The predicted molar refractivity (Wildman–Crippen MR) is 64.9 cm³/mol. The summed E-state index contributed by atoms with van der Waals surface area (Å²) in [5, 5.41) is 4.13. The van der Waals surface area contributed by atoms with Gasteiger partial charge in [-0.3, -0.25) is 0 Å². The fourth-order valence-corrected chi connectivity index (χ4v) is 1.83. The maximum absolute atomic E-state index is 5.80. The van der Waals surface area contributed by atoms with Crippen LogP contribution in [0.2, 0.25) is 0 Å². The molecule has 0 aliphatic rings. The third-order valence-electron chi connectivity index (χ3n) is 1.77. The first-order valence-electron chi connectivity index (χ1n) is 3.88. The number of nitrogens with zero attached hydrogens (tertiary/aromatic N) is 2. The van der Waals surface area contributed by atoms with Crippen LogP contribution in [0.15, 0.2) is 27.4 Å². The van der Waals surface area contributed by atoms with Crippen LogP contribution in [0.5, 0.6) is 0 Å². The van der Waals surface area contributed by atoms with E-state index >= 15 is 0 Å². The van der Waals surface area contributed by atoms with Gasteiger partial charge in [0.1, 0.15) is 18.1 Å². The number of nitrogen functional groups attached to an aromatic ring is 1. The molecule has 0 atom stereocenters. The molecule has 2 aromatic rings. The first-order valence-corrected chi connectivity index (χ1v) is 5.75. The molecule has 0 bridgehead atoms. The molecule has 0 aliphatic carbocycles. The van der Waals surface area contributed by atoms with Crippen molar-refractivity contribution in [3.8, 4) is 0 Å². The molecule has 0 saturated carbocycles. The summed E-state index contributed by atoms with van der Waals surface area (Å²) in [6.45, 7) is 0.556. The van der Waals surface area contributed by atoms with Gasteiger partial charge in [0.05, 0.1) is 9.77 Å². The monoisotopic (exact) mass is 367 g/mol. The van der Waals surface area contributed by atoms with E-state index < -0.39 is 0 Å². The molecule has 6 heteroatoms. The van der Waals surface area contributed by atoms with Gasteiger partial charge in [-0.2, -0.15) is 5.10 Å². The summed E-state index contributed by atoms with van der Waals surface area (Å²) in [4.78, 5) is 0. The van der Waals surface area contributed by atoms with Crippen LogP contribution in [-0.2, 0) is 6.54 Å². The Hall–Kier alpha value is -0.500. The highest BCUT2D eigenvalue weighted by molar-refractivity contribution is 14.1. The number of halogens is 2. The van der Waals surface area contributed by atoms with Crippen LogP contribution in [0.4, 0.5) is 5.82 Å². The molecule has 0 unspecified atom stereocenters. The highest BCUT2D eigenvalue weighted by atomic mass is 127. The van der Waals surface area contributed by atoms with Crippen molar-refractivity contribution in [3.63, 3.8) is 0 Å². The molecule has 0 aromatic carbocycles. The van der Waals surface area contributed by atoms with Crippen LogP contribution in [0.3, 0.4) is 0 Å². The van der Waals surface area contributed by atoms with Crippen molar-refractivity contribution in [1.29, 1.82) is 0 Å². The standard InChI is InChI=1S/C8H7BrIN3O/c9-7-2-1-5(14-7)4-13-8(11)6(10)3-12-13/h1-3H,4,11H2. The second-order valence-electron chi connectivity index (χ2n) is 2.74. The first kappa shape index (κ1) is 10.0. The molecule has 2 aromatic heterocycles. The quantitative estimate of drug-likeness (QED) is 0.829. The maximum Gasteiger partial charge on any atom is 0.169 e. The zero-order chi connectivity index (χ0) is 10.1. The van der Waals surface area contributed by atoms with Crippen LogP contribution in [0.1, 0.15) is 5.76 Å². The van der Waals surface area contributed by atoms with Crippen LogP contribution in [0.25, 0.3) is 0 Å². The van der Waals surface area contributed by atoms with Crippen LogP contribution in [-0.4, -0.2) is 9.78 Å². The Morgan fingerprint density at radius 2 is 2.36 bits per heavy atom. The second-order valence-corrected chi connectivity index (χ2v) is 4.68. The molecule has 2 rings (SSSR count). The van der Waals surface area contributed by atoms with Gasteiger partial charge in [-0.15, -0.1) is 0 Å². The Labute approximate surface area is 103 Å². The molecule has 0 fully saturated rings. The average molecular weight is 368 g/mol. The second kappa shape index (κ2) is 3.93. The van der Waals surface area contributed by atoms with Crippen molar-refractivity contribution < 1.29 is 4.42 Å². The minimum absolute atomic E-state index is 0.556. The minimum Gasteiger partial charge on any atom is -0.452 e. The lowest BCUT2D eigenvalue weighted by atomic mass is 10.4. The third kappa shape index (κ3) is 1.95. The number of aromatic nitrogens is 2. The van der Waals surface area contributed by atoms with Gasteiger partial charge >= 0.3 is 0 Å². The lowest BCUT2D eigenvalue weighted by molar-refractivity contribution is 0.464. The number of furan rings is 1. The first-order chi connectivity index (χ1) is 6.66. The summed E-state index contributed by atoms with van der Waals surface area (Å²) >= 11 is 5.39.